The van der Waals surface area contributed by atoms with Crippen LogP contribution in [0.15, 0.2) is 95.9 Å². The number of carbonyl (C=O) groups is 7. The Labute approximate surface area is 443 Å². The molecular weight excluding hydrogens is 965 g/mol. The number of anilines is 1. The van der Waals surface area contributed by atoms with Gasteiger partial charge in [0.25, 0.3) is 35.1 Å². The van der Waals surface area contributed by atoms with Crippen molar-refractivity contribution in [1.29, 1.82) is 0 Å². The number of benzene rings is 4. The van der Waals surface area contributed by atoms with Crippen LogP contribution in [-0.2, 0) is 33.3 Å². The molecule has 7 amide bonds. The number of hydrogen-bond donors (Lipinski definition) is 3. The van der Waals surface area contributed by atoms with Crippen LogP contribution in [0.2, 0.25) is 0 Å². The number of fused-ring (bicyclic) bond motifs is 1. The number of nitrogens with zero attached hydrogens (tertiary/aromatic N) is 5. The molecule has 0 aliphatic carbocycles. The molecule has 0 bridgehead atoms. The van der Waals surface area contributed by atoms with E-state index in [9.17, 15) is 38.4 Å². The molecule has 2 saturated heterocycles. The largest absolute Gasteiger partial charge is 0.483 e. The van der Waals surface area contributed by atoms with E-state index in [0.717, 1.165) is 91.7 Å². The lowest BCUT2D eigenvalue weighted by atomic mass is 9.86. The average molecular weight is 1030 g/mol. The van der Waals surface area contributed by atoms with Crippen LogP contribution in [0.4, 0.5) is 5.69 Å². The normalized spacial score (nSPS) is 15.9. The number of carbonyl (C=O) groups excluding carboxylic acids is 7. The number of ether oxygens (including phenoxy) is 1. The van der Waals surface area contributed by atoms with Gasteiger partial charge in [-0.05, 0) is 97.3 Å². The minimum atomic E-state index is -1.09. The third kappa shape index (κ3) is 13.0. The van der Waals surface area contributed by atoms with Crippen molar-refractivity contribution < 1.29 is 38.3 Å². The van der Waals surface area contributed by atoms with Crippen molar-refractivity contribution >= 4 is 47.0 Å². The van der Waals surface area contributed by atoms with E-state index < -0.39 is 29.7 Å². The van der Waals surface area contributed by atoms with E-state index >= 15 is 0 Å². The maximum Gasteiger partial charge on any atom is 0.272 e. The van der Waals surface area contributed by atoms with Crippen molar-refractivity contribution in [3.05, 3.63) is 146 Å². The van der Waals surface area contributed by atoms with Gasteiger partial charge in [0.2, 0.25) is 11.8 Å². The summed E-state index contributed by atoms with van der Waals surface area (Å²) in [5.74, 6) is -2.96. The summed E-state index contributed by atoms with van der Waals surface area (Å²) < 4.78 is 7.21. The first-order chi connectivity index (χ1) is 36.5. The molecule has 3 aliphatic rings. The summed E-state index contributed by atoms with van der Waals surface area (Å²) in [4.78, 5) is 113. The van der Waals surface area contributed by atoms with E-state index in [0.29, 0.717) is 54.3 Å². The summed E-state index contributed by atoms with van der Waals surface area (Å²) in [5.41, 5.74) is 6.35. The van der Waals surface area contributed by atoms with Gasteiger partial charge in [-0.25, -0.2) is 4.98 Å². The van der Waals surface area contributed by atoms with Crippen molar-refractivity contribution in [2.75, 3.05) is 51.2 Å². The van der Waals surface area contributed by atoms with Gasteiger partial charge in [-0.1, -0.05) is 95.3 Å². The molecule has 3 N–H and O–H groups in total. The summed E-state index contributed by atoms with van der Waals surface area (Å²) in [5, 5.41) is 8.08. The third-order valence-electron chi connectivity index (χ3n) is 14.5. The topological polar surface area (TPSA) is 209 Å². The second kappa shape index (κ2) is 24.3. The van der Waals surface area contributed by atoms with Crippen LogP contribution in [-0.4, -0.2) is 118 Å². The second-order valence-corrected chi connectivity index (χ2v) is 21.0. The lowest BCUT2D eigenvalue weighted by molar-refractivity contribution is -0.136. The Morgan fingerprint density at radius 1 is 0.763 bits per heavy atom. The fourth-order valence-electron chi connectivity index (χ4n) is 9.96. The number of aromatic nitrogens is 2. The molecule has 4 heterocycles. The van der Waals surface area contributed by atoms with Gasteiger partial charge in [0.05, 0.1) is 16.8 Å². The predicted octanol–water partition coefficient (Wildman–Crippen LogP) is 6.98. The highest BCUT2D eigenvalue weighted by Crippen LogP contribution is 2.34. The molecule has 17 heteroatoms. The zero-order valence-corrected chi connectivity index (χ0v) is 44.2. The first-order valence-corrected chi connectivity index (χ1v) is 26.4. The quantitative estimate of drug-likeness (QED) is 0.0535. The highest BCUT2D eigenvalue weighted by atomic mass is 16.5. The molecule has 8 rings (SSSR count). The van der Waals surface area contributed by atoms with E-state index in [2.05, 4.69) is 41.6 Å². The highest BCUT2D eigenvalue weighted by molar-refractivity contribution is 6.24. The summed E-state index contributed by atoms with van der Waals surface area (Å²) >= 11 is 0. The monoisotopic (exact) mass is 1030 g/mol. The highest BCUT2D eigenvalue weighted by Gasteiger charge is 2.46. The lowest BCUT2D eigenvalue weighted by Crippen LogP contribution is -2.54. The first-order valence-electron chi connectivity index (χ1n) is 26.4. The average Bonchev–Trinajstić information content (AvgIpc) is 3.68. The zero-order chi connectivity index (χ0) is 54.1. The Bertz CT molecular complexity index is 3060. The number of rotatable bonds is 20. The van der Waals surface area contributed by atoms with Gasteiger partial charge in [0, 0.05) is 81.2 Å². The lowest BCUT2D eigenvalue weighted by Gasteiger charge is -2.34. The molecule has 0 saturated carbocycles. The van der Waals surface area contributed by atoms with Crippen LogP contribution in [0, 0.1) is 6.92 Å². The molecule has 398 valence electrons. The van der Waals surface area contributed by atoms with Crippen molar-refractivity contribution in [1.82, 2.24) is 34.9 Å². The van der Waals surface area contributed by atoms with Gasteiger partial charge >= 0.3 is 0 Å². The molecule has 1 unspecified atom stereocenters. The molecule has 3 aliphatic heterocycles. The fraction of sp³-hybridized carbons (Fsp3) is 0.407. The van der Waals surface area contributed by atoms with Crippen LogP contribution < -0.4 is 26.2 Å². The smallest absolute Gasteiger partial charge is 0.272 e. The van der Waals surface area contributed by atoms with Gasteiger partial charge in [-0.15, -0.1) is 0 Å². The molecule has 17 nitrogen and oxygen atoms in total. The zero-order valence-electron chi connectivity index (χ0n) is 44.2. The van der Waals surface area contributed by atoms with E-state index in [-0.39, 0.29) is 65.0 Å². The number of amides is 7. The van der Waals surface area contributed by atoms with Crippen LogP contribution in [0.5, 0.6) is 5.75 Å². The van der Waals surface area contributed by atoms with Crippen molar-refractivity contribution in [2.45, 2.75) is 103 Å². The maximum absolute atomic E-state index is 13.5. The van der Waals surface area contributed by atoms with Crippen LogP contribution in [0.1, 0.15) is 142 Å². The summed E-state index contributed by atoms with van der Waals surface area (Å²) in [6.45, 7) is 12.4. The van der Waals surface area contributed by atoms with Gasteiger partial charge in [-0.3, -0.25) is 53.5 Å². The number of hydrogen-bond acceptors (Lipinski definition) is 11. The molecule has 2 fully saturated rings. The summed E-state index contributed by atoms with van der Waals surface area (Å²) in [6, 6.07) is 24.2. The minimum Gasteiger partial charge on any atom is -0.483 e. The Hall–Kier alpha value is -7.79. The van der Waals surface area contributed by atoms with Gasteiger partial charge in [0.1, 0.15) is 17.5 Å². The Kier molecular flexibility index (Phi) is 17.4. The van der Waals surface area contributed by atoms with Gasteiger partial charge in [0.15, 0.2) is 6.61 Å². The van der Waals surface area contributed by atoms with E-state index in [1.54, 1.807) is 19.3 Å². The van der Waals surface area contributed by atoms with Crippen LogP contribution >= 0.6 is 0 Å². The van der Waals surface area contributed by atoms with Crippen molar-refractivity contribution in [3.8, 4) is 17.0 Å². The maximum atomic E-state index is 13.5. The summed E-state index contributed by atoms with van der Waals surface area (Å²) in [7, 11) is 1.71. The van der Waals surface area contributed by atoms with Crippen LogP contribution in [0.25, 0.3) is 11.3 Å². The fourth-order valence-corrected chi connectivity index (χ4v) is 9.96. The Balaban J connectivity index is 0.701. The van der Waals surface area contributed by atoms with E-state index in [1.807, 2.05) is 78.6 Å². The number of unbranched alkanes of at least 4 members (excludes halogenated alkanes) is 6. The number of aryl methyl sites for hydroxylation is 1. The molecule has 1 aromatic heterocycles. The SMILES string of the molecule is Cc1c(NC(=O)c2ccc(C(C)(C)C)cc2)cccc1-c1cn(C)c(=O)c(Cc2ccc(C(=O)N3CCN(CCCCCCCCCNC(=O)COc4cccc5c4C(=O)N(C4CCC(=O)NC4=O)C5=O)CC3)cc2)n1. The van der Waals surface area contributed by atoms with Gasteiger partial charge < -0.3 is 24.8 Å². The standard InChI is InChI=1S/C59H68N8O9/c1-38-43(15-13-17-45(38)62-53(70)40-23-25-42(26-24-40)59(2,3)4)47-36-64(5)57(74)46(61-47)35-39-19-21-41(22-20-39)55(72)66-33-31-65(32-34-66)30-12-10-8-6-7-9-11-29-60-51(69)37-76-49-18-14-16-44-52(49)58(75)67(56(44)73)48-27-28-50(68)63-54(48)71/h13-26,36,48H,6-12,27-35,37H2,1-5H3,(H,60,69)(H,62,70)(H,63,68,71). The number of imide groups is 2. The number of piperazine rings is 1. The Morgan fingerprint density at radius 3 is 2.12 bits per heavy atom. The molecular formula is C59H68N8O9. The van der Waals surface area contributed by atoms with Gasteiger partial charge in [-0.2, -0.15) is 0 Å². The molecule has 1 atom stereocenters. The van der Waals surface area contributed by atoms with Crippen molar-refractivity contribution in [2.24, 2.45) is 7.05 Å². The predicted molar refractivity (Wildman–Crippen MR) is 288 cm³/mol. The molecule has 0 spiro atoms. The molecule has 4 aromatic carbocycles. The van der Waals surface area contributed by atoms with Crippen molar-refractivity contribution in [3.63, 3.8) is 0 Å². The van der Waals surface area contributed by atoms with E-state index in [4.69, 9.17) is 9.72 Å². The van der Waals surface area contributed by atoms with E-state index in [1.165, 1.54) is 16.7 Å². The number of nitrogens with one attached hydrogen (secondary N) is 3. The summed E-state index contributed by atoms with van der Waals surface area (Å²) in [6.07, 6.45) is 9.34. The Morgan fingerprint density at radius 2 is 1.42 bits per heavy atom. The first kappa shape index (κ1) is 54.5. The minimum absolute atomic E-state index is 0.00395. The van der Waals surface area contributed by atoms with Crippen LogP contribution in [0.3, 0.4) is 0 Å². The molecule has 0 radical (unpaired) electrons. The third-order valence-corrected chi connectivity index (χ3v) is 14.5. The second-order valence-electron chi connectivity index (χ2n) is 21.0. The molecule has 76 heavy (non-hydrogen) atoms. The number of piperidine rings is 1. The molecule has 5 aromatic rings.